The smallest absolute Gasteiger partial charge is 0.249 e. The Kier molecular flexibility index (Phi) is 4.22. The van der Waals surface area contributed by atoms with Gasteiger partial charge in [-0.25, -0.2) is 0 Å². The molecular weight excluding hydrogens is 302 g/mol. The highest BCUT2D eigenvalue weighted by molar-refractivity contribution is 6.33. The molecule has 22 heavy (non-hydrogen) atoms. The van der Waals surface area contributed by atoms with E-state index in [4.69, 9.17) is 16.0 Å². The summed E-state index contributed by atoms with van der Waals surface area (Å²) in [4.78, 5) is 2.08. The van der Waals surface area contributed by atoms with Gasteiger partial charge in [-0.3, -0.25) is 9.58 Å². The second-order valence-corrected chi connectivity index (χ2v) is 5.58. The molecule has 0 radical (unpaired) electrons. The fourth-order valence-electron chi connectivity index (χ4n) is 2.21. The van der Waals surface area contributed by atoms with Gasteiger partial charge >= 0.3 is 0 Å². The Labute approximate surface area is 133 Å². The summed E-state index contributed by atoms with van der Waals surface area (Å²) in [6.07, 6.45) is 3.83. The monoisotopic (exact) mass is 317 g/mol. The van der Waals surface area contributed by atoms with Crippen molar-refractivity contribution in [2.45, 2.75) is 13.1 Å². The van der Waals surface area contributed by atoms with Crippen LogP contribution in [0.25, 0.3) is 11.5 Å². The molecule has 0 spiro atoms. The van der Waals surface area contributed by atoms with Crippen molar-refractivity contribution in [3.8, 4) is 11.5 Å². The van der Waals surface area contributed by atoms with Crippen molar-refractivity contribution >= 4 is 11.6 Å². The van der Waals surface area contributed by atoms with Crippen LogP contribution in [0, 0.1) is 0 Å². The number of rotatable bonds is 5. The van der Waals surface area contributed by atoms with Crippen LogP contribution in [0.1, 0.15) is 11.5 Å². The van der Waals surface area contributed by atoms with Crippen LogP contribution in [0.5, 0.6) is 0 Å². The number of halogens is 1. The molecule has 0 saturated heterocycles. The van der Waals surface area contributed by atoms with Crippen LogP contribution in [0.2, 0.25) is 5.02 Å². The molecule has 7 heteroatoms. The molecule has 0 fully saturated rings. The fraction of sp³-hybridized carbons (Fsp3) is 0.267. The number of aryl methyl sites for hydroxylation is 1. The first-order valence-corrected chi connectivity index (χ1v) is 7.23. The predicted octanol–water partition coefficient (Wildman–Crippen LogP) is 2.76. The van der Waals surface area contributed by atoms with Crippen molar-refractivity contribution in [1.29, 1.82) is 0 Å². The van der Waals surface area contributed by atoms with Gasteiger partial charge in [-0.15, -0.1) is 10.2 Å². The van der Waals surface area contributed by atoms with Crippen molar-refractivity contribution in [3.63, 3.8) is 0 Å². The van der Waals surface area contributed by atoms with Gasteiger partial charge in [-0.2, -0.15) is 5.10 Å². The van der Waals surface area contributed by atoms with Gasteiger partial charge in [0.15, 0.2) is 0 Å². The second kappa shape index (κ2) is 6.29. The zero-order valence-electron chi connectivity index (χ0n) is 12.4. The van der Waals surface area contributed by atoms with Gasteiger partial charge in [0.2, 0.25) is 11.8 Å². The summed E-state index contributed by atoms with van der Waals surface area (Å²) in [7, 11) is 3.89. The lowest BCUT2D eigenvalue weighted by Gasteiger charge is -2.12. The molecule has 0 unspecified atom stereocenters. The minimum absolute atomic E-state index is 0.440. The predicted molar refractivity (Wildman–Crippen MR) is 83.1 cm³/mol. The van der Waals surface area contributed by atoms with Gasteiger partial charge in [0.1, 0.15) is 0 Å². The molecule has 114 valence electrons. The van der Waals surface area contributed by atoms with E-state index >= 15 is 0 Å². The fourth-order valence-corrected chi connectivity index (χ4v) is 2.43. The SMILES string of the molecule is CN(Cc1cnn(C)c1)Cc1nnc(-c2ccccc2Cl)o1. The summed E-state index contributed by atoms with van der Waals surface area (Å²) < 4.78 is 7.48. The van der Waals surface area contributed by atoms with Gasteiger partial charge in [-0.05, 0) is 19.2 Å². The van der Waals surface area contributed by atoms with Crippen LogP contribution in [0.4, 0.5) is 0 Å². The third-order valence-corrected chi connectivity index (χ3v) is 3.52. The first-order chi connectivity index (χ1) is 10.6. The Morgan fingerprint density at radius 1 is 1.23 bits per heavy atom. The summed E-state index contributed by atoms with van der Waals surface area (Å²) in [5.74, 6) is 0.997. The summed E-state index contributed by atoms with van der Waals surface area (Å²) >= 11 is 6.14. The molecule has 0 aliphatic rings. The van der Waals surface area contributed by atoms with Gasteiger partial charge in [-0.1, -0.05) is 23.7 Å². The average Bonchev–Trinajstić information content (AvgIpc) is 3.09. The van der Waals surface area contributed by atoms with E-state index in [2.05, 4.69) is 20.2 Å². The van der Waals surface area contributed by atoms with E-state index in [-0.39, 0.29) is 0 Å². The van der Waals surface area contributed by atoms with E-state index in [9.17, 15) is 0 Å². The molecule has 0 saturated carbocycles. The average molecular weight is 318 g/mol. The largest absolute Gasteiger partial charge is 0.419 e. The van der Waals surface area contributed by atoms with E-state index in [1.807, 2.05) is 44.7 Å². The van der Waals surface area contributed by atoms with Crippen molar-refractivity contribution < 1.29 is 4.42 Å². The van der Waals surface area contributed by atoms with Gasteiger partial charge in [0.25, 0.3) is 0 Å². The first-order valence-electron chi connectivity index (χ1n) is 6.85. The number of nitrogens with zero attached hydrogens (tertiary/aromatic N) is 5. The van der Waals surface area contributed by atoms with Gasteiger partial charge in [0, 0.05) is 25.4 Å². The molecule has 0 amide bonds. The van der Waals surface area contributed by atoms with E-state index in [1.165, 1.54) is 0 Å². The summed E-state index contributed by atoms with van der Waals surface area (Å²) in [5.41, 5.74) is 1.88. The molecule has 2 aromatic heterocycles. The molecule has 2 heterocycles. The van der Waals surface area contributed by atoms with Crippen molar-refractivity contribution in [2.24, 2.45) is 7.05 Å². The van der Waals surface area contributed by atoms with Gasteiger partial charge in [0.05, 0.1) is 23.3 Å². The molecule has 3 aromatic rings. The van der Waals surface area contributed by atoms with Crippen LogP contribution < -0.4 is 0 Å². The number of hydrogen-bond acceptors (Lipinski definition) is 5. The maximum atomic E-state index is 6.14. The molecule has 0 aliphatic heterocycles. The second-order valence-electron chi connectivity index (χ2n) is 5.18. The highest BCUT2D eigenvalue weighted by atomic mass is 35.5. The first kappa shape index (κ1) is 14.7. The van der Waals surface area contributed by atoms with Crippen LogP contribution in [-0.2, 0) is 20.1 Å². The van der Waals surface area contributed by atoms with E-state index in [1.54, 1.807) is 10.7 Å². The Morgan fingerprint density at radius 2 is 2.05 bits per heavy atom. The lowest BCUT2D eigenvalue weighted by Crippen LogP contribution is -2.17. The van der Waals surface area contributed by atoms with E-state index in [0.29, 0.717) is 23.3 Å². The number of benzene rings is 1. The quantitative estimate of drug-likeness (QED) is 0.724. The van der Waals surface area contributed by atoms with Crippen LogP contribution in [0.3, 0.4) is 0 Å². The van der Waals surface area contributed by atoms with Gasteiger partial charge < -0.3 is 4.42 Å². The van der Waals surface area contributed by atoms with Crippen LogP contribution in [0.15, 0.2) is 41.1 Å². The van der Waals surface area contributed by atoms with Crippen LogP contribution in [-0.4, -0.2) is 31.9 Å². The molecule has 3 rings (SSSR count). The lowest BCUT2D eigenvalue weighted by atomic mass is 10.2. The molecule has 0 aliphatic carbocycles. The van der Waals surface area contributed by atoms with Crippen molar-refractivity contribution in [2.75, 3.05) is 7.05 Å². The molecular formula is C15H16ClN5O. The molecule has 1 aromatic carbocycles. The zero-order chi connectivity index (χ0) is 15.5. The molecule has 0 bridgehead atoms. The summed E-state index contributed by atoms with van der Waals surface area (Å²) in [5, 5.41) is 12.9. The number of aromatic nitrogens is 4. The minimum Gasteiger partial charge on any atom is -0.419 e. The third-order valence-electron chi connectivity index (χ3n) is 3.19. The Hall–Kier alpha value is -2.18. The Bertz CT molecular complexity index is 767. The Balaban J connectivity index is 1.68. The molecule has 0 atom stereocenters. The molecule has 0 N–H and O–H groups in total. The summed E-state index contributed by atoms with van der Waals surface area (Å²) in [6.45, 7) is 1.32. The standard InChI is InChI=1S/C15H16ClN5O/c1-20(8-11-7-17-21(2)9-11)10-14-18-19-15(22-14)12-5-3-4-6-13(12)16/h3-7,9H,8,10H2,1-2H3. The maximum absolute atomic E-state index is 6.14. The van der Waals surface area contributed by atoms with Crippen molar-refractivity contribution in [3.05, 3.63) is 53.1 Å². The highest BCUT2D eigenvalue weighted by Crippen LogP contribution is 2.26. The van der Waals surface area contributed by atoms with E-state index < -0.39 is 0 Å². The normalized spacial score (nSPS) is 11.3. The van der Waals surface area contributed by atoms with Crippen LogP contribution >= 0.6 is 11.6 Å². The van der Waals surface area contributed by atoms with E-state index in [0.717, 1.165) is 17.7 Å². The topological polar surface area (TPSA) is 60.0 Å². The summed E-state index contributed by atoms with van der Waals surface area (Å²) in [6, 6.07) is 7.42. The number of hydrogen-bond donors (Lipinski definition) is 0. The molecule has 6 nitrogen and oxygen atoms in total. The zero-order valence-corrected chi connectivity index (χ0v) is 13.2. The Morgan fingerprint density at radius 3 is 2.77 bits per heavy atom. The minimum atomic E-state index is 0.440. The maximum Gasteiger partial charge on any atom is 0.249 e. The van der Waals surface area contributed by atoms with Crippen molar-refractivity contribution in [1.82, 2.24) is 24.9 Å². The third kappa shape index (κ3) is 3.35. The highest BCUT2D eigenvalue weighted by Gasteiger charge is 2.13. The lowest BCUT2D eigenvalue weighted by molar-refractivity contribution is 0.283.